The van der Waals surface area contributed by atoms with Gasteiger partial charge in [0.15, 0.2) is 0 Å². The average molecular weight is 454 g/mol. The molecule has 166 valence electrons. The van der Waals surface area contributed by atoms with Crippen molar-refractivity contribution >= 4 is 32.7 Å². The third-order valence-corrected chi connectivity index (χ3v) is 7.36. The van der Waals surface area contributed by atoms with Crippen LogP contribution in [-0.2, 0) is 25.0 Å². The molecule has 3 aromatic rings. The topological polar surface area (TPSA) is 121 Å². The van der Waals surface area contributed by atoms with Crippen molar-refractivity contribution in [3.63, 3.8) is 0 Å². The van der Waals surface area contributed by atoms with Crippen LogP contribution in [0.3, 0.4) is 0 Å². The number of amides is 1. The van der Waals surface area contributed by atoms with Crippen molar-refractivity contribution in [2.24, 2.45) is 0 Å². The molecule has 0 spiro atoms. The molecule has 1 aliphatic heterocycles. The third kappa shape index (κ3) is 3.57. The highest BCUT2D eigenvalue weighted by molar-refractivity contribution is 7.90. The molecule has 8 nitrogen and oxygen atoms in total. The summed E-state index contributed by atoms with van der Waals surface area (Å²) in [4.78, 5) is 17.5. The zero-order valence-electron chi connectivity index (χ0n) is 17.5. The number of carbonyl (C=O) groups excluding carboxylic acids is 1. The smallest absolute Gasteiger partial charge is 0.264 e. The lowest BCUT2D eigenvalue weighted by Crippen LogP contribution is -2.41. The number of carbonyl (C=O) groups is 1. The maximum atomic E-state index is 13.3. The van der Waals surface area contributed by atoms with Crippen LogP contribution in [0.1, 0.15) is 24.0 Å². The van der Waals surface area contributed by atoms with Crippen molar-refractivity contribution in [2.45, 2.75) is 36.2 Å². The van der Waals surface area contributed by atoms with Gasteiger partial charge in [-0.2, -0.15) is 0 Å². The maximum absolute atomic E-state index is 13.3. The number of fused-ring (bicyclic) bond motifs is 1. The first-order valence-electron chi connectivity index (χ1n) is 10.4. The molecule has 32 heavy (non-hydrogen) atoms. The van der Waals surface area contributed by atoms with Gasteiger partial charge in [-0.3, -0.25) is 4.79 Å². The number of sulfonamides is 1. The number of nitrogens with one attached hydrogen (secondary N) is 1. The van der Waals surface area contributed by atoms with E-state index in [0.717, 1.165) is 5.56 Å². The van der Waals surface area contributed by atoms with Gasteiger partial charge in [0.25, 0.3) is 10.0 Å². The predicted octanol–water partition coefficient (Wildman–Crippen LogP) is 2.44. The van der Waals surface area contributed by atoms with Crippen molar-refractivity contribution in [3.05, 3.63) is 59.7 Å². The maximum Gasteiger partial charge on any atom is 0.264 e. The zero-order valence-corrected chi connectivity index (χ0v) is 18.3. The Morgan fingerprint density at radius 1 is 1.19 bits per heavy atom. The van der Waals surface area contributed by atoms with Crippen LogP contribution in [0.4, 0.5) is 5.82 Å². The molecule has 9 heteroatoms. The van der Waals surface area contributed by atoms with E-state index < -0.39 is 21.3 Å². The van der Waals surface area contributed by atoms with Crippen LogP contribution < -0.4 is 15.2 Å². The van der Waals surface area contributed by atoms with Gasteiger partial charge in [0.05, 0.1) is 29.0 Å². The lowest BCUT2D eigenvalue weighted by Gasteiger charge is -2.29. The molecule has 1 saturated carbocycles. The Hall–Kier alpha value is -3.17. The summed E-state index contributed by atoms with van der Waals surface area (Å²) in [5, 5.41) is 0.399. The fourth-order valence-corrected chi connectivity index (χ4v) is 5.25. The summed E-state index contributed by atoms with van der Waals surface area (Å²) in [6, 6.07) is 13.5. The monoisotopic (exact) mass is 453 g/mol. The fourth-order valence-electron chi connectivity index (χ4n) is 3.98. The lowest BCUT2D eigenvalue weighted by atomic mass is 9.93. The molecule has 1 aliphatic carbocycles. The van der Waals surface area contributed by atoms with Gasteiger partial charge in [-0.05, 0) is 50.1 Å². The predicted molar refractivity (Wildman–Crippen MR) is 119 cm³/mol. The number of nitrogens with two attached hydrogens (primary N) is 1. The van der Waals surface area contributed by atoms with E-state index >= 15 is 0 Å². The summed E-state index contributed by atoms with van der Waals surface area (Å²) in [5.41, 5.74) is 6.91. The van der Waals surface area contributed by atoms with Gasteiger partial charge in [-0.15, -0.1) is 0 Å². The quantitative estimate of drug-likeness (QED) is 0.588. The normalized spacial score (nSPS) is 17.5. The van der Waals surface area contributed by atoms with Crippen molar-refractivity contribution in [1.29, 1.82) is 0 Å². The molecule has 0 bridgehead atoms. The number of hydrogen-bond acceptors (Lipinski definition) is 7. The minimum Gasteiger partial charge on any atom is -0.485 e. The Labute approximate surface area is 185 Å². The van der Waals surface area contributed by atoms with E-state index in [2.05, 4.69) is 9.71 Å². The molecule has 2 heterocycles. The highest BCUT2D eigenvalue weighted by Crippen LogP contribution is 2.52. The second kappa shape index (κ2) is 7.46. The van der Waals surface area contributed by atoms with Crippen molar-refractivity contribution in [2.75, 3.05) is 18.9 Å². The molecule has 2 fully saturated rings. The van der Waals surface area contributed by atoms with Crippen LogP contribution >= 0.6 is 0 Å². The second-order valence-corrected chi connectivity index (χ2v) is 10.0. The van der Waals surface area contributed by atoms with Gasteiger partial charge in [0.2, 0.25) is 5.91 Å². The van der Waals surface area contributed by atoms with E-state index in [1.54, 1.807) is 18.2 Å². The number of benzene rings is 2. The molecule has 1 saturated heterocycles. The van der Waals surface area contributed by atoms with Crippen molar-refractivity contribution < 1.29 is 22.7 Å². The summed E-state index contributed by atoms with van der Waals surface area (Å²) in [6.07, 6.45) is 1.03. The Bertz CT molecular complexity index is 1330. The summed E-state index contributed by atoms with van der Waals surface area (Å²) in [5.74, 6) is 0.328. The van der Waals surface area contributed by atoms with E-state index in [1.165, 1.54) is 12.1 Å². The van der Waals surface area contributed by atoms with Gasteiger partial charge < -0.3 is 15.2 Å². The average Bonchev–Trinajstić information content (AvgIpc) is 3.52. The van der Waals surface area contributed by atoms with Gasteiger partial charge >= 0.3 is 0 Å². The van der Waals surface area contributed by atoms with Gasteiger partial charge in [-0.25, -0.2) is 18.1 Å². The number of nitrogen functional groups attached to an aromatic ring is 1. The van der Waals surface area contributed by atoms with Crippen LogP contribution in [-0.4, -0.2) is 38.6 Å². The molecule has 3 N–H and O–H groups in total. The molecule has 2 aromatic carbocycles. The Morgan fingerprint density at radius 3 is 2.66 bits per heavy atom. The number of aromatic nitrogens is 1. The zero-order chi connectivity index (χ0) is 22.5. The Kier molecular flexibility index (Phi) is 4.83. The van der Waals surface area contributed by atoms with Gasteiger partial charge in [-0.1, -0.05) is 23.8 Å². The molecule has 0 atom stereocenters. The van der Waals surface area contributed by atoms with Crippen LogP contribution in [0, 0.1) is 6.92 Å². The summed E-state index contributed by atoms with van der Waals surface area (Å²) >= 11 is 0. The second-order valence-electron chi connectivity index (χ2n) is 8.35. The van der Waals surface area contributed by atoms with Crippen LogP contribution in [0.15, 0.2) is 53.4 Å². The van der Waals surface area contributed by atoms with Crippen LogP contribution in [0.2, 0.25) is 0 Å². The minimum absolute atomic E-state index is 0.0148. The molecular formula is C23H23N3O5S. The number of pyridine rings is 1. The van der Waals surface area contributed by atoms with E-state index in [9.17, 15) is 13.2 Å². The molecule has 1 aromatic heterocycles. The van der Waals surface area contributed by atoms with E-state index in [4.69, 9.17) is 15.2 Å². The van der Waals surface area contributed by atoms with Crippen molar-refractivity contribution in [3.8, 4) is 5.75 Å². The molecular weight excluding hydrogens is 430 g/mol. The number of anilines is 1. The lowest BCUT2D eigenvalue weighted by molar-refractivity contribution is -0.121. The highest BCUT2D eigenvalue weighted by atomic mass is 32.2. The van der Waals surface area contributed by atoms with E-state index in [-0.39, 0.29) is 16.8 Å². The first-order valence-corrected chi connectivity index (χ1v) is 11.8. The first-order chi connectivity index (χ1) is 15.3. The number of aryl methyl sites for hydroxylation is 1. The standard InChI is InChI=1S/C23H23N3O5S/c1-14-5-7-19(31-15-12-30-13-15)17(11-14)23(9-10-23)22(27)26-32(28,29)20-4-2-3-18-16(20)6-8-21(24)25-18/h2-8,11,15H,9-10,12-13H2,1H3,(H2,24,25)(H,26,27). The molecule has 2 aliphatic rings. The SMILES string of the molecule is Cc1ccc(OC2COC2)c(C2(C(=O)NS(=O)(=O)c3cccc4nc(N)ccc34)CC2)c1. The van der Waals surface area contributed by atoms with Crippen LogP contribution in [0.25, 0.3) is 10.9 Å². The molecule has 5 rings (SSSR count). The highest BCUT2D eigenvalue weighted by Gasteiger charge is 2.54. The largest absolute Gasteiger partial charge is 0.485 e. The summed E-state index contributed by atoms with van der Waals surface area (Å²) in [6.45, 7) is 2.93. The summed E-state index contributed by atoms with van der Waals surface area (Å²) in [7, 11) is -4.13. The number of nitrogens with zero attached hydrogens (tertiary/aromatic N) is 1. The third-order valence-electron chi connectivity index (χ3n) is 5.97. The molecule has 0 radical (unpaired) electrons. The van der Waals surface area contributed by atoms with Crippen LogP contribution in [0.5, 0.6) is 5.75 Å². The van der Waals surface area contributed by atoms with E-state index in [0.29, 0.717) is 48.3 Å². The Balaban J connectivity index is 1.47. The van der Waals surface area contributed by atoms with Gasteiger partial charge in [0.1, 0.15) is 17.7 Å². The van der Waals surface area contributed by atoms with E-state index in [1.807, 2.05) is 25.1 Å². The fraction of sp³-hybridized carbons (Fsp3) is 0.304. The van der Waals surface area contributed by atoms with Gasteiger partial charge in [0, 0.05) is 10.9 Å². The number of rotatable bonds is 6. The van der Waals surface area contributed by atoms with Crippen molar-refractivity contribution in [1.82, 2.24) is 9.71 Å². The minimum atomic E-state index is -4.13. The number of hydrogen-bond donors (Lipinski definition) is 2. The first kappa shape index (κ1) is 20.7. The Morgan fingerprint density at radius 2 is 1.97 bits per heavy atom. The number of ether oxygens (including phenoxy) is 2. The molecule has 1 amide bonds. The summed E-state index contributed by atoms with van der Waals surface area (Å²) < 4.78 is 39.9. The molecule has 0 unspecified atom stereocenters.